The summed E-state index contributed by atoms with van der Waals surface area (Å²) < 4.78 is 104. The zero-order valence-corrected chi connectivity index (χ0v) is 44.2. The van der Waals surface area contributed by atoms with Crippen molar-refractivity contribution in [2.45, 2.75) is 26.2 Å². The average molecular weight is 1190 g/mol. The molecule has 2 aromatic heterocycles. The van der Waals surface area contributed by atoms with Crippen LogP contribution in [0.5, 0.6) is 23.0 Å². The van der Waals surface area contributed by atoms with Gasteiger partial charge in [-0.25, -0.2) is 4.98 Å². The maximum Gasteiger partial charge on any atom is 0.143 e. The Hall–Kier alpha value is -8.96. The van der Waals surface area contributed by atoms with E-state index in [0.717, 1.165) is 44.1 Å². The fraction of sp³-hybridized carbons (Fsp3) is 0.0571. The molecule has 77 heavy (non-hydrogen) atoms. The molecule has 0 saturated carbocycles. The van der Waals surface area contributed by atoms with Gasteiger partial charge in [0.15, 0.2) is 0 Å². The van der Waals surface area contributed by atoms with Crippen LogP contribution in [0.4, 0.5) is 22.7 Å². The summed E-state index contributed by atoms with van der Waals surface area (Å²) >= 11 is 0. The number of pyridine rings is 1. The van der Waals surface area contributed by atoms with Crippen LogP contribution in [0.1, 0.15) is 40.0 Å². The van der Waals surface area contributed by atoms with Gasteiger partial charge in [0.1, 0.15) is 17.3 Å². The Morgan fingerprint density at radius 2 is 1.09 bits per heavy atom. The van der Waals surface area contributed by atoms with Gasteiger partial charge in [-0.1, -0.05) is 208 Å². The zero-order chi connectivity index (χ0) is 59.9. The molecule has 0 spiro atoms. The van der Waals surface area contributed by atoms with Crippen LogP contribution < -0.4 is 19.3 Å². The monoisotopic (exact) mass is 1180 g/mol. The summed E-state index contributed by atoms with van der Waals surface area (Å²) in [4.78, 5) is 8.57. The van der Waals surface area contributed by atoms with Crippen molar-refractivity contribution >= 4 is 44.6 Å². The molecule has 0 aliphatic carbocycles. The van der Waals surface area contributed by atoms with Gasteiger partial charge in [0.25, 0.3) is 0 Å². The summed E-state index contributed by atoms with van der Waals surface area (Å²) in [5, 5.41) is 1.94. The summed E-state index contributed by atoms with van der Waals surface area (Å²) in [7, 11) is 0. The molecule has 13 rings (SSSR count). The molecule has 1 aliphatic rings. The van der Waals surface area contributed by atoms with E-state index >= 15 is 0 Å². The van der Waals surface area contributed by atoms with Crippen molar-refractivity contribution in [2.24, 2.45) is 0 Å². The first-order valence-electron chi connectivity index (χ1n) is 29.9. The minimum atomic E-state index is -0.573. The van der Waals surface area contributed by atoms with E-state index in [1.54, 1.807) is 42.0 Å². The number of fused-ring (bicyclic) bond motifs is 4. The van der Waals surface area contributed by atoms with E-state index in [1.165, 1.54) is 0 Å². The molecule has 12 aromatic rings. The molecule has 6 nitrogen and oxygen atoms in total. The molecule has 0 bridgehead atoms. The number of hydrogen-bond donors (Lipinski definition) is 0. The Morgan fingerprint density at radius 1 is 0.506 bits per heavy atom. The molecule has 0 fully saturated rings. The number of rotatable bonds is 11. The largest absolute Gasteiger partial charge is 0.509 e. The maximum absolute atomic E-state index is 9.10. The second-order valence-electron chi connectivity index (χ2n) is 19.3. The normalized spacial score (nSPS) is 14.0. The van der Waals surface area contributed by atoms with Crippen molar-refractivity contribution in [1.82, 2.24) is 9.55 Å². The summed E-state index contributed by atoms with van der Waals surface area (Å²) in [5.74, 6) is 2.63. The summed E-state index contributed by atoms with van der Waals surface area (Å²) in [6.45, 7) is 8.31. The van der Waals surface area contributed by atoms with E-state index in [-0.39, 0.29) is 54.4 Å². The number of para-hydroxylation sites is 4. The maximum atomic E-state index is 9.10. The van der Waals surface area contributed by atoms with Gasteiger partial charge in [0.2, 0.25) is 0 Å². The summed E-state index contributed by atoms with van der Waals surface area (Å²) in [6.07, 6.45) is 1.75. The fourth-order valence-electron chi connectivity index (χ4n) is 9.94. The first kappa shape index (κ1) is 38.6. The molecule has 0 saturated heterocycles. The molecular formula is C70H51N4O2Pt-3. The van der Waals surface area contributed by atoms with E-state index in [2.05, 4.69) is 92.1 Å². The molecule has 376 valence electrons. The molecule has 1 aliphatic heterocycles. The van der Waals surface area contributed by atoms with E-state index in [1.807, 2.05) is 108 Å². The minimum absolute atomic E-state index is 0. The average Bonchev–Trinajstić information content (AvgIpc) is 1.87. The van der Waals surface area contributed by atoms with Gasteiger partial charge in [-0.2, -0.15) is 12.1 Å². The quantitative estimate of drug-likeness (QED) is 0.121. The number of hydrogen-bond acceptors (Lipinski definition) is 5. The number of nitrogens with zero attached hydrogens (tertiary/aromatic N) is 4. The van der Waals surface area contributed by atoms with E-state index in [9.17, 15) is 0 Å². The predicted octanol–water partition coefficient (Wildman–Crippen LogP) is 18.7. The van der Waals surface area contributed by atoms with Gasteiger partial charge in [0, 0.05) is 89.7 Å². The van der Waals surface area contributed by atoms with Crippen LogP contribution >= 0.6 is 0 Å². The molecule has 0 N–H and O–H groups in total. The number of aromatic nitrogens is 2. The third kappa shape index (κ3) is 9.36. The standard InChI is InChI=1S/C70H51N4O2.Pt/c1-70(2,3)52-37-40-63-62(43-52)61-39-38-55(45-66(61)74(63)67-46-56(41-42-71-67)76-69-59(50-25-12-6-13-26-50)33-20-34-60(69)51-27-14-7-15-28-51)75-54-30-18-29-53(44-54)72-47-73(65-36-17-16-35-64(65)72)68-57(48-21-8-4-9-22-48)31-19-32-58(68)49-23-10-5-11-24-49;/h4-43,46-47H,1-3H3;/q-3;/i4D,5D,8D,9D,10D,11D,21D,22D,23D,24D;. The molecule has 3 heterocycles. The number of benzene rings is 10. The SMILES string of the molecule is [2H]c1c([2H])c([2H])c(-c2cccc(-c3c([2H])c([2H])c([2H])c([2H])c3[2H])c2N2[CH-]N(c3[c-]c(Oc4[c-]c5c(cc4)c4cc(C(C)(C)C)ccc4n5-c4cc(Oc5c(-c6ccccc6)cccc5-c5ccccc5)ccn4)ccc3)c3ccccc32)c([2H])c1[2H].[Pt]. The van der Waals surface area contributed by atoms with E-state index in [0.29, 0.717) is 51.4 Å². The van der Waals surface area contributed by atoms with Crippen molar-refractivity contribution in [3.8, 4) is 73.3 Å². The van der Waals surface area contributed by atoms with Crippen LogP contribution in [0.15, 0.2) is 249 Å². The molecule has 0 unspecified atom stereocenters. The van der Waals surface area contributed by atoms with Crippen LogP contribution in [0.3, 0.4) is 0 Å². The van der Waals surface area contributed by atoms with Gasteiger partial charge in [0.05, 0.1) is 13.7 Å². The predicted molar refractivity (Wildman–Crippen MR) is 311 cm³/mol. The Labute approximate surface area is 478 Å². The van der Waals surface area contributed by atoms with Gasteiger partial charge in [-0.05, 0) is 62.9 Å². The van der Waals surface area contributed by atoms with Crippen LogP contribution in [0.2, 0.25) is 0 Å². The zero-order valence-electron chi connectivity index (χ0n) is 51.9. The van der Waals surface area contributed by atoms with Gasteiger partial charge in [-0.15, -0.1) is 48.1 Å². The molecule has 0 amide bonds. The Morgan fingerprint density at radius 3 is 1.73 bits per heavy atom. The minimum Gasteiger partial charge on any atom is -0.509 e. The van der Waals surface area contributed by atoms with Crippen molar-refractivity contribution < 1.29 is 44.2 Å². The Balaban J connectivity index is 0.00000739. The van der Waals surface area contributed by atoms with Crippen molar-refractivity contribution in [2.75, 3.05) is 9.80 Å². The Kier molecular flexibility index (Phi) is 10.3. The third-order valence-corrected chi connectivity index (χ3v) is 13.5. The third-order valence-electron chi connectivity index (χ3n) is 13.5. The van der Waals surface area contributed by atoms with Gasteiger partial charge >= 0.3 is 0 Å². The first-order chi connectivity index (χ1) is 41.5. The summed E-state index contributed by atoms with van der Waals surface area (Å²) in [5.41, 5.74) is 8.57. The van der Waals surface area contributed by atoms with Gasteiger partial charge < -0.3 is 23.8 Å². The van der Waals surface area contributed by atoms with Crippen molar-refractivity contribution in [1.29, 1.82) is 0 Å². The van der Waals surface area contributed by atoms with Crippen LogP contribution in [-0.4, -0.2) is 9.55 Å². The number of ether oxygens (including phenoxy) is 2. The van der Waals surface area contributed by atoms with Crippen LogP contribution in [-0.2, 0) is 26.5 Å². The van der Waals surface area contributed by atoms with E-state index in [4.69, 9.17) is 28.2 Å². The van der Waals surface area contributed by atoms with Crippen LogP contribution in [0, 0.1) is 18.8 Å². The topological polar surface area (TPSA) is 42.8 Å². The molecule has 7 heteroatoms. The first-order valence-corrected chi connectivity index (χ1v) is 24.9. The van der Waals surface area contributed by atoms with Gasteiger partial charge in [-0.3, -0.25) is 0 Å². The molecule has 0 radical (unpaired) electrons. The van der Waals surface area contributed by atoms with Crippen molar-refractivity contribution in [3.63, 3.8) is 0 Å². The molecular weight excluding hydrogens is 1120 g/mol. The molecule has 10 aromatic carbocycles. The number of anilines is 4. The van der Waals surface area contributed by atoms with Crippen molar-refractivity contribution in [3.05, 3.63) is 273 Å². The van der Waals surface area contributed by atoms with E-state index < -0.39 is 60.4 Å². The fourth-order valence-corrected chi connectivity index (χ4v) is 9.94. The smallest absolute Gasteiger partial charge is 0.143 e. The van der Waals surface area contributed by atoms with Crippen LogP contribution in [0.25, 0.3) is 72.1 Å². The second-order valence-corrected chi connectivity index (χ2v) is 19.3. The second kappa shape index (κ2) is 20.6. The summed E-state index contributed by atoms with van der Waals surface area (Å²) in [6, 6.07) is 60.3. The Bertz CT molecular complexity index is 4510. The molecule has 0 atom stereocenters.